The zero-order valence-electron chi connectivity index (χ0n) is 10.7. The van der Waals surface area contributed by atoms with Crippen LogP contribution < -0.4 is 10.6 Å². The van der Waals surface area contributed by atoms with Gasteiger partial charge in [-0.1, -0.05) is 41.4 Å². The van der Waals surface area contributed by atoms with Crippen molar-refractivity contribution in [2.45, 2.75) is 6.42 Å². The first-order valence-electron chi connectivity index (χ1n) is 6.30. The van der Waals surface area contributed by atoms with Crippen molar-refractivity contribution in [2.75, 3.05) is 11.4 Å². The van der Waals surface area contributed by atoms with E-state index in [1.165, 1.54) is 5.56 Å². The smallest absolute Gasteiger partial charge is 0.201 e. The third-order valence-corrected chi connectivity index (χ3v) is 3.85. The van der Waals surface area contributed by atoms with Gasteiger partial charge in [0.1, 0.15) is 0 Å². The normalized spacial score (nSPS) is 14.5. The summed E-state index contributed by atoms with van der Waals surface area (Å²) < 4.78 is 0. The maximum absolute atomic E-state index is 6.12. The Morgan fingerprint density at radius 3 is 2.75 bits per heavy atom. The second kappa shape index (κ2) is 5.35. The van der Waals surface area contributed by atoms with Crippen LogP contribution in [0.1, 0.15) is 5.56 Å². The number of benzene rings is 2. The molecule has 0 radical (unpaired) electrons. The number of aliphatic imine (C=N–C) groups is 1. The molecule has 0 fully saturated rings. The molecule has 20 heavy (non-hydrogen) atoms. The van der Waals surface area contributed by atoms with Gasteiger partial charge >= 0.3 is 0 Å². The van der Waals surface area contributed by atoms with Crippen LogP contribution >= 0.6 is 23.2 Å². The van der Waals surface area contributed by atoms with Crippen molar-refractivity contribution >= 4 is 40.5 Å². The summed E-state index contributed by atoms with van der Waals surface area (Å²) in [4.78, 5) is 6.41. The maximum Gasteiger partial charge on any atom is 0.201 e. The minimum Gasteiger partial charge on any atom is -0.369 e. The van der Waals surface area contributed by atoms with Crippen LogP contribution in [0.25, 0.3) is 0 Å². The van der Waals surface area contributed by atoms with E-state index in [4.69, 9.17) is 28.9 Å². The van der Waals surface area contributed by atoms with Crippen LogP contribution in [0.5, 0.6) is 0 Å². The molecule has 0 saturated carbocycles. The second-order valence-corrected chi connectivity index (χ2v) is 5.44. The largest absolute Gasteiger partial charge is 0.369 e. The van der Waals surface area contributed by atoms with Gasteiger partial charge < -0.3 is 10.6 Å². The van der Waals surface area contributed by atoms with Gasteiger partial charge in [-0.2, -0.15) is 0 Å². The SMILES string of the molecule is NC(=Nc1ccc(Cl)cc1Cl)N1CCc2ccccc21. The number of anilines is 1. The molecule has 3 nitrogen and oxygen atoms in total. The molecule has 1 aliphatic rings. The minimum atomic E-state index is 0.444. The Kier molecular flexibility index (Phi) is 3.55. The van der Waals surface area contributed by atoms with E-state index in [1.807, 2.05) is 23.1 Å². The van der Waals surface area contributed by atoms with E-state index < -0.39 is 0 Å². The van der Waals surface area contributed by atoms with Crippen LogP contribution in [0.2, 0.25) is 10.0 Å². The molecule has 0 unspecified atom stereocenters. The number of halogens is 2. The minimum absolute atomic E-state index is 0.444. The number of nitrogens with two attached hydrogens (primary N) is 1. The van der Waals surface area contributed by atoms with Gasteiger partial charge in [0.25, 0.3) is 0 Å². The van der Waals surface area contributed by atoms with Gasteiger partial charge in [0.05, 0.1) is 10.7 Å². The predicted molar refractivity (Wildman–Crippen MR) is 85.2 cm³/mol. The highest BCUT2D eigenvalue weighted by Crippen LogP contribution is 2.30. The summed E-state index contributed by atoms with van der Waals surface area (Å²) >= 11 is 12.0. The highest BCUT2D eigenvalue weighted by Gasteiger charge is 2.21. The van der Waals surface area contributed by atoms with Gasteiger partial charge in [-0.3, -0.25) is 0 Å². The van der Waals surface area contributed by atoms with Gasteiger partial charge in [0.15, 0.2) is 0 Å². The monoisotopic (exact) mass is 305 g/mol. The molecule has 5 heteroatoms. The number of fused-ring (bicyclic) bond motifs is 1. The van der Waals surface area contributed by atoms with Crippen molar-refractivity contribution in [1.82, 2.24) is 0 Å². The van der Waals surface area contributed by atoms with E-state index in [0.717, 1.165) is 18.7 Å². The van der Waals surface area contributed by atoms with E-state index in [2.05, 4.69) is 11.1 Å². The molecule has 102 valence electrons. The Labute approximate surface area is 127 Å². The molecule has 0 saturated heterocycles. The van der Waals surface area contributed by atoms with E-state index in [0.29, 0.717) is 21.7 Å². The lowest BCUT2D eigenvalue weighted by Crippen LogP contribution is -2.35. The molecule has 0 aliphatic carbocycles. The summed E-state index contributed by atoms with van der Waals surface area (Å²) in [5.74, 6) is 0.444. The molecule has 2 aromatic carbocycles. The molecule has 0 amide bonds. The lowest BCUT2D eigenvalue weighted by molar-refractivity contribution is 1.01. The Balaban J connectivity index is 1.93. The number of hydrogen-bond acceptors (Lipinski definition) is 1. The number of rotatable bonds is 1. The van der Waals surface area contributed by atoms with Crippen LogP contribution in [0.4, 0.5) is 11.4 Å². The van der Waals surface area contributed by atoms with Crippen LogP contribution in [-0.2, 0) is 6.42 Å². The molecule has 1 heterocycles. The fourth-order valence-electron chi connectivity index (χ4n) is 2.33. The molecule has 0 spiro atoms. The van der Waals surface area contributed by atoms with Crippen LogP contribution in [0.15, 0.2) is 47.5 Å². The quantitative estimate of drug-likeness (QED) is 0.639. The van der Waals surface area contributed by atoms with Gasteiger partial charge in [-0.25, -0.2) is 4.99 Å². The average molecular weight is 306 g/mol. The van der Waals surface area contributed by atoms with Crippen LogP contribution in [0, 0.1) is 0 Å². The lowest BCUT2D eigenvalue weighted by atomic mass is 10.2. The second-order valence-electron chi connectivity index (χ2n) is 4.60. The first kappa shape index (κ1) is 13.3. The molecular formula is C15H13Cl2N3. The predicted octanol–water partition coefficient (Wildman–Crippen LogP) is 4.00. The van der Waals surface area contributed by atoms with Gasteiger partial charge in [-0.15, -0.1) is 0 Å². The summed E-state index contributed by atoms with van der Waals surface area (Å²) in [5.41, 5.74) is 9.14. The third-order valence-electron chi connectivity index (χ3n) is 3.31. The zero-order chi connectivity index (χ0) is 14.1. The molecule has 2 N–H and O–H groups in total. The number of para-hydroxylation sites is 1. The van der Waals surface area contributed by atoms with E-state index in [9.17, 15) is 0 Å². The molecule has 1 aliphatic heterocycles. The molecule has 0 atom stereocenters. The van der Waals surface area contributed by atoms with Crippen molar-refractivity contribution in [3.05, 3.63) is 58.1 Å². The van der Waals surface area contributed by atoms with E-state index in [1.54, 1.807) is 18.2 Å². The van der Waals surface area contributed by atoms with Gasteiger partial charge in [0, 0.05) is 17.3 Å². The standard InChI is InChI=1S/C15H13Cl2N3/c16-11-5-6-13(12(17)9-11)19-15(18)20-8-7-10-3-1-2-4-14(10)20/h1-6,9H,7-8H2,(H2,18,19). The molecule has 0 aromatic heterocycles. The van der Waals surface area contributed by atoms with E-state index >= 15 is 0 Å². The maximum atomic E-state index is 6.12. The number of nitrogens with zero attached hydrogens (tertiary/aromatic N) is 2. The van der Waals surface area contributed by atoms with Crippen molar-refractivity contribution < 1.29 is 0 Å². The fraction of sp³-hybridized carbons (Fsp3) is 0.133. The van der Waals surface area contributed by atoms with Gasteiger partial charge in [0.2, 0.25) is 5.96 Å². The molecular weight excluding hydrogens is 293 g/mol. The highest BCUT2D eigenvalue weighted by molar-refractivity contribution is 6.36. The van der Waals surface area contributed by atoms with Gasteiger partial charge in [-0.05, 0) is 36.2 Å². The summed E-state index contributed by atoms with van der Waals surface area (Å²) in [6.45, 7) is 0.833. The first-order chi connectivity index (χ1) is 9.65. The lowest BCUT2D eigenvalue weighted by Gasteiger charge is -2.18. The van der Waals surface area contributed by atoms with Crippen molar-refractivity contribution in [3.8, 4) is 0 Å². The zero-order valence-corrected chi connectivity index (χ0v) is 12.2. The first-order valence-corrected chi connectivity index (χ1v) is 7.05. The summed E-state index contributed by atoms with van der Waals surface area (Å²) in [6.07, 6.45) is 0.973. The Morgan fingerprint density at radius 2 is 1.95 bits per heavy atom. The van der Waals surface area contributed by atoms with Crippen LogP contribution in [-0.4, -0.2) is 12.5 Å². The number of hydrogen-bond donors (Lipinski definition) is 1. The summed E-state index contributed by atoms with van der Waals surface area (Å²) in [5, 5.41) is 1.08. The Hall–Kier alpha value is -1.71. The molecule has 3 rings (SSSR count). The van der Waals surface area contributed by atoms with E-state index in [-0.39, 0.29) is 0 Å². The molecule has 2 aromatic rings. The topological polar surface area (TPSA) is 41.6 Å². The fourth-order valence-corrected chi connectivity index (χ4v) is 2.78. The number of guanidine groups is 1. The Bertz CT molecular complexity index is 683. The average Bonchev–Trinajstić information content (AvgIpc) is 2.86. The Morgan fingerprint density at radius 1 is 1.15 bits per heavy atom. The van der Waals surface area contributed by atoms with Crippen LogP contribution in [0.3, 0.4) is 0 Å². The molecule has 0 bridgehead atoms. The van der Waals surface area contributed by atoms with Crippen molar-refractivity contribution in [2.24, 2.45) is 10.7 Å². The summed E-state index contributed by atoms with van der Waals surface area (Å²) in [6, 6.07) is 13.4. The highest BCUT2D eigenvalue weighted by atomic mass is 35.5. The third kappa shape index (κ3) is 2.47. The van der Waals surface area contributed by atoms with Crippen molar-refractivity contribution in [3.63, 3.8) is 0 Å². The summed E-state index contributed by atoms with van der Waals surface area (Å²) in [7, 11) is 0. The van der Waals surface area contributed by atoms with Crippen molar-refractivity contribution in [1.29, 1.82) is 0 Å².